The van der Waals surface area contributed by atoms with Gasteiger partial charge in [-0.15, -0.1) is 0 Å². The molecule has 25 heavy (non-hydrogen) atoms. The summed E-state index contributed by atoms with van der Waals surface area (Å²) in [4.78, 5) is 22.7. The fraction of sp³-hybridized carbons (Fsp3) is 0.143. The van der Waals surface area contributed by atoms with E-state index < -0.39 is 39.0 Å². The maximum Gasteiger partial charge on any atom is 0.374 e. The van der Waals surface area contributed by atoms with E-state index in [1.165, 1.54) is 12.1 Å². The van der Waals surface area contributed by atoms with Gasteiger partial charge in [0.25, 0.3) is 5.91 Å². The number of sulfone groups is 1. The van der Waals surface area contributed by atoms with Crippen LogP contribution >= 0.6 is 15.9 Å². The molecule has 0 aliphatic carbocycles. The van der Waals surface area contributed by atoms with Crippen LogP contribution in [-0.4, -0.2) is 32.7 Å². The Balaban J connectivity index is 1.91. The molecule has 1 heterocycles. The first-order chi connectivity index (χ1) is 11.7. The molecule has 0 bridgehead atoms. The van der Waals surface area contributed by atoms with Gasteiger partial charge in [-0.25, -0.2) is 13.2 Å². The highest BCUT2D eigenvalue weighted by Crippen LogP contribution is 2.20. The van der Waals surface area contributed by atoms with Crippen molar-refractivity contribution in [2.45, 2.75) is 10.7 Å². The Labute approximate surface area is 149 Å². The zero-order valence-corrected chi connectivity index (χ0v) is 14.6. The molecular formula is C14H10BrF2NO6S. The zero-order valence-electron chi connectivity index (χ0n) is 12.2. The Bertz CT molecular complexity index is 879. The number of benzene rings is 1. The predicted octanol–water partition coefficient (Wildman–Crippen LogP) is 2.83. The summed E-state index contributed by atoms with van der Waals surface area (Å²) in [5.74, 6) is -5.18. The Hall–Kier alpha value is -2.27. The number of carbonyl (C=O) groups is 2. The minimum absolute atomic E-state index is 0.0961. The quantitative estimate of drug-likeness (QED) is 0.696. The van der Waals surface area contributed by atoms with Crippen molar-refractivity contribution in [1.82, 2.24) is 0 Å². The lowest BCUT2D eigenvalue weighted by atomic mass is 10.3. The Morgan fingerprint density at radius 2 is 1.80 bits per heavy atom. The van der Waals surface area contributed by atoms with Crippen LogP contribution in [0.5, 0.6) is 0 Å². The van der Waals surface area contributed by atoms with Crippen molar-refractivity contribution >= 4 is 43.3 Å². The van der Waals surface area contributed by atoms with Crippen LogP contribution < -0.4 is 5.32 Å². The van der Waals surface area contributed by atoms with Gasteiger partial charge in [-0.3, -0.25) is 4.79 Å². The number of carbonyl (C=O) groups excluding carboxylic acids is 2. The van der Waals surface area contributed by atoms with E-state index >= 15 is 0 Å². The Kier molecular flexibility index (Phi) is 5.90. The molecule has 0 saturated heterocycles. The van der Waals surface area contributed by atoms with Crippen LogP contribution in [0.1, 0.15) is 10.6 Å². The first-order valence-electron chi connectivity index (χ1n) is 6.54. The molecule has 0 spiro atoms. The fourth-order valence-electron chi connectivity index (χ4n) is 1.65. The van der Waals surface area contributed by atoms with Crippen molar-refractivity contribution in [3.8, 4) is 0 Å². The summed E-state index contributed by atoms with van der Waals surface area (Å²) in [5.41, 5.74) is 0.148. The van der Waals surface area contributed by atoms with E-state index in [1.807, 2.05) is 0 Å². The number of hydrogen-bond donors (Lipinski definition) is 1. The normalized spacial score (nSPS) is 11.4. The number of anilines is 1. The van der Waals surface area contributed by atoms with Gasteiger partial charge in [0.2, 0.25) is 15.6 Å². The van der Waals surface area contributed by atoms with Gasteiger partial charge in [0.15, 0.2) is 11.3 Å². The van der Waals surface area contributed by atoms with Gasteiger partial charge in [-0.05, 0) is 52.3 Å². The van der Waals surface area contributed by atoms with Gasteiger partial charge in [0.05, 0.1) is 4.90 Å². The van der Waals surface area contributed by atoms with Gasteiger partial charge >= 0.3 is 11.7 Å². The number of amides is 1. The van der Waals surface area contributed by atoms with Gasteiger partial charge in [-0.1, -0.05) is 0 Å². The molecule has 1 N–H and O–H groups in total. The topological polar surface area (TPSA) is 103 Å². The summed E-state index contributed by atoms with van der Waals surface area (Å²) in [5, 5.41) is 2.32. The van der Waals surface area contributed by atoms with Gasteiger partial charge in [0.1, 0.15) is 0 Å². The smallest absolute Gasteiger partial charge is 0.374 e. The maximum atomic E-state index is 12.4. The standard InChI is InChI=1S/C14H10BrF2NO6S/c15-11-6-5-10(24-11)13(20)23-7-12(19)18-8-1-3-9(4-2-8)25(21,22)14(16)17/h1-6,14H,7H2,(H,18,19). The molecular weight excluding hydrogens is 428 g/mol. The average molecular weight is 438 g/mol. The van der Waals surface area contributed by atoms with E-state index in [0.717, 1.165) is 24.3 Å². The second-order valence-corrected chi connectivity index (χ2v) is 7.26. The molecule has 0 unspecified atom stereocenters. The monoisotopic (exact) mass is 437 g/mol. The third kappa shape index (κ3) is 4.86. The Morgan fingerprint density at radius 1 is 1.16 bits per heavy atom. The van der Waals surface area contributed by atoms with E-state index in [1.54, 1.807) is 0 Å². The highest BCUT2D eigenvalue weighted by molar-refractivity contribution is 9.10. The van der Waals surface area contributed by atoms with Crippen molar-refractivity contribution in [2.75, 3.05) is 11.9 Å². The molecule has 1 aromatic heterocycles. The SMILES string of the molecule is O=C(COC(=O)c1ccc(Br)o1)Nc1ccc(S(=O)(=O)C(F)F)cc1. The van der Waals surface area contributed by atoms with Crippen LogP contribution in [0.4, 0.5) is 14.5 Å². The summed E-state index contributed by atoms with van der Waals surface area (Å²) >= 11 is 3.01. The van der Waals surface area contributed by atoms with Crippen LogP contribution in [0.2, 0.25) is 0 Å². The van der Waals surface area contributed by atoms with E-state index in [9.17, 15) is 26.8 Å². The van der Waals surface area contributed by atoms with Crippen LogP contribution in [0, 0.1) is 0 Å². The van der Waals surface area contributed by atoms with Crippen molar-refractivity contribution in [3.05, 3.63) is 46.8 Å². The highest BCUT2D eigenvalue weighted by Gasteiger charge is 2.26. The number of hydrogen-bond acceptors (Lipinski definition) is 6. The minimum Gasteiger partial charge on any atom is -0.450 e. The lowest BCUT2D eigenvalue weighted by Gasteiger charge is -2.07. The number of halogens is 3. The largest absolute Gasteiger partial charge is 0.450 e. The van der Waals surface area contributed by atoms with E-state index in [2.05, 4.69) is 21.2 Å². The summed E-state index contributed by atoms with van der Waals surface area (Å²) in [6.07, 6.45) is 0. The second-order valence-electron chi connectivity index (χ2n) is 4.56. The molecule has 1 aromatic carbocycles. The highest BCUT2D eigenvalue weighted by atomic mass is 79.9. The number of ether oxygens (including phenoxy) is 1. The summed E-state index contributed by atoms with van der Waals surface area (Å²) in [6.45, 7) is -0.617. The molecule has 0 atom stereocenters. The third-order valence-electron chi connectivity index (χ3n) is 2.81. The molecule has 2 aromatic rings. The lowest BCUT2D eigenvalue weighted by molar-refractivity contribution is -0.119. The minimum atomic E-state index is -4.70. The van der Waals surface area contributed by atoms with Crippen molar-refractivity contribution in [2.24, 2.45) is 0 Å². The van der Waals surface area contributed by atoms with Gasteiger partial charge in [-0.2, -0.15) is 8.78 Å². The Morgan fingerprint density at radius 3 is 2.32 bits per heavy atom. The average Bonchev–Trinajstić information content (AvgIpc) is 2.99. The van der Waals surface area contributed by atoms with Gasteiger partial charge in [0, 0.05) is 5.69 Å². The molecule has 134 valence electrons. The van der Waals surface area contributed by atoms with Crippen LogP contribution in [0.15, 0.2) is 50.4 Å². The predicted molar refractivity (Wildman–Crippen MR) is 85.0 cm³/mol. The molecule has 0 radical (unpaired) electrons. The molecule has 0 saturated carbocycles. The number of alkyl halides is 2. The van der Waals surface area contributed by atoms with Crippen molar-refractivity contribution in [1.29, 1.82) is 0 Å². The summed E-state index contributed by atoms with van der Waals surface area (Å²) < 4.78 is 57.4. The first-order valence-corrected chi connectivity index (χ1v) is 8.88. The first kappa shape index (κ1) is 19.1. The van der Waals surface area contributed by atoms with E-state index in [4.69, 9.17) is 9.15 Å². The lowest BCUT2D eigenvalue weighted by Crippen LogP contribution is -2.20. The van der Waals surface area contributed by atoms with Gasteiger partial charge < -0.3 is 14.5 Å². The van der Waals surface area contributed by atoms with E-state index in [-0.39, 0.29) is 11.4 Å². The van der Waals surface area contributed by atoms with Crippen LogP contribution in [-0.2, 0) is 19.4 Å². The number of esters is 1. The molecule has 0 aliphatic rings. The summed E-state index contributed by atoms with van der Waals surface area (Å²) in [6, 6.07) is 6.97. The molecule has 7 nitrogen and oxygen atoms in total. The number of rotatable bonds is 6. The number of nitrogens with one attached hydrogen (secondary N) is 1. The molecule has 11 heteroatoms. The van der Waals surface area contributed by atoms with Crippen LogP contribution in [0.3, 0.4) is 0 Å². The third-order valence-corrected chi connectivity index (χ3v) is 4.63. The van der Waals surface area contributed by atoms with Crippen molar-refractivity contribution in [3.63, 3.8) is 0 Å². The number of furan rings is 1. The molecule has 1 amide bonds. The summed E-state index contributed by atoms with van der Waals surface area (Å²) in [7, 11) is -4.70. The molecule has 2 rings (SSSR count). The van der Waals surface area contributed by atoms with E-state index in [0.29, 0.717) is 4.67 Å². The molecule has 0 fully saturated rings. The maximum absolute atomic E-state index is 12.4. The van der Waals surface area contributed by atoms with Crippen molar-refractivity contribution < 1.29 is 35.9 Å². The molecule has 0 aliphatic heterocycles. The van der Waals surface area contributed by atoms with Crippen LogP contribution in [0.25, 0.3) is 0 Å². The fourth-order valence-corrected chi connectivity index (χ4v) is 2.68. The zero-order chi connectivity index (χ0) is 18.6. The second kappa shape index (κ2) is 7.74.